The minimum Gasteiger partial charge on any atom is -0.497 e. The third-order valence-corrected chi connectivity index (χ3v) is 4.46. The maximum absolute atomic E-state index is 5.36. The van der Waals surface area contributed by atoms with E-state index in [9.17, 15) is 0 Å². The van der Waals surface area contributed by atoms with Crippen LogP contribution < -0.4 is 10.1 Å². The third kappa shape index (κ3) is 2.93. The summed E-state index contributed by atoms with van der Waals surface area (Å²) in [5.74, 6) is 1.68. The first kappa shape index (κ1) is 12.9. The average molecular weight is 260 g/mol. The van der Waals surface area contributed by atoms with Crippen LogP contribution in [0.4, 0.5) is 0 Å². The second-order valence-corrected chi connectivity index (χ2v) is 5.93. The van der Waals surface area contributed by atoms with Gasteiger partial charge in [-0.2, -0.15) is 0 Å². The standard InChI is InChI=1S/C16H24N2O/c1-18-9-8-13(11-17-14-6-7-14)16(18)12-4-3-5-15(10-12)19-2/h3-5,10,13-14,16-17H,6-9,11H2,1-2H3. The van der Waals surface area contributed by atoms with E-state index in [2.05, 4.69) is 35.5 Å². The van der Waals surface area contributed by atoms with E-state index >= 15 is 0 Å². The van der Waals surface area contributed by atoms with Crippen LogP contribution in [0.5, 0.6) is 5.75 Å². The van der Waals surface area contributed by atoms with Crippen molar-refractivity contribution < 1.29 is 4.74 Å². The fraction of sp³-hybridized carbons (Fsp3) is 0.625. The van der Waals surface area contributed by atoms with Gasteiger partial charge in [-0.3, -0.25) is 4.90 Å². The van der Waals surface area contributed by atoms with Crippen LogP contribution in [0.15, 0.2) is 24.3 Å². The molecule has 3 heteroatoms. The predicted octanol–water partition coefficient (Wildman–Crippen LogP) is 2.44. The van der Waals surface area contributed by atoms with E-state index < -0.39 is 0 Å². The zero-order chi connectivity index (χ0) is 13.2. The van der Waals surface area contributed by atoms with Crippen LogP contribution in [0.2, 0.25) is 0 Å². The summed E-state index contributed by atoms with van der Waals surface area (Å²) in [6.07, 6.45) is 4.02. The summed E-state index contributed by atoms with van der Waals surface area (Å²) in [6, 6.07) is 9.88. The molecule has 2 atom stereocenters. The first-order chi connectivity index (χ1) is 9.28. The highest BCUT2D eigenvalue weighted by Crippen LogP contribution is 2.37. The van der Waals surface area contributed by atoms with Gasteiger partial charge in [0, 0.05) is 18.6 Å². The van der Waals surface area contributed by atoms with Gasteiger partial charge in [-0.05, 0) is 56.5 Å². The van der Waals surface area contributed by atoms with Gasteiger partial charge in [0.05, 0.1) is 7.11 Å². The Hall–Kier alpha value is -1.06. The second-order valence-electron chi connectivity index (χ2n) is 5.93. The van der Waals surface area contributed by atoms with Crippen molar-refractivity contribution in [2.75, 3.05) is 27.2 Å². The molecule has 2 aliphatic rings. The smallest absolute Gasteiger partial charge is 0.119 e. The van der Waals surface area contributed by atoms with E-state index in [-0.39, 0.29) is 0 Å². The van der Waals surface area contributed by atoms with Gasteiger partial charge in [0.1, 0.15) is 5.75 Å². The molecule has 2 fully saturated rings. The number of hydrogen-bond donors (Lipinski definition) is 1. The van der Waals surface area contributed by atoms with Crippen LogP contribution in [0.3, 0.4) is 0 Å². The molecule has 2 unspecified atom stereocenters. The molecule has 1 aromatic carbocycles. The molecule has 3 rings (SSSR count). The highest BCUT2D eigenvalue weighted by Gasteiger charge is 2.34. The van der Waals surface area contributed by atoms with E-state index in [1.54, 1.807) is 7.11 Å². The molecule has 1 aliphatic heterocycles. The molecule has 1 saturated carbocycles. The van der Waals surface area contributed by atoms with E-state index in [1.807, 2.05) is 6.07 Å². The van der Waals surface area contributed by atoms with Crippen LogP contribution in [0.25, 0.3) is 0 Å². The molecular formula is C16H24N2O. The van der Waals surface area contributed by atoms with Crippen LogP contribution in [0.1, 0.15) is 30.9 Å². The van der Waals surface area contributed by atoms with E-state index in [1.165, 1.54) is 31.4 Å². The van der Waals surface area contributed by atoms with Crippen molar-refractivity contribution in [2.24, 2.45) is 5.92 Å². The lowest BCUT2D eigenvalue weighted by molar-refractivity contribution is 0.271. The van der Waals surface area contributed by atoms with Crippen molar-refractivity contribution >= 4 is 0 Å². The predicted molar refractivity (Wildman–Crippen MR) is 77.5 cm³/mol. The maximum atomic E-state index is 5.36. The molecule has 1 aromatic rings. The van der Waals surface area contributed by atoms with Crippen LogP contribution in [-0.4, -0.2) is 38.2 Å². The number of methoxy groups -OCH3 is 1. The maximum Gasteiger partial charge on any atom is 0.119 e. The van der Waals surface area contributed by atoms with Crippen molar-refractivity contribution in [3.63, 3.8) is 0 Å². The largest absolute Gasteiger partial charge is 0.497 e. The highest BCUT2D eigenvalue weighted by molar-refractivity contribution is 5.31. The number of nitrogens with one attached hydrogen (secondary N) is 1. The summed E-state index contributed by atoms with van der Waals surface area (Å²) in [5, 5.41) is 3.69. The van der Waals surface area contributed by atoms with Crippen molar-refractivity contribution in [2.45, 2.75) is 31.3 Å². The van der Waals surface area contributed by atoms with Gasteiger partial charge >= 0.3 is 0 Å². The quantitative estimate of drug-likeness (QED) is 0.880. The number of hydrogen-bond acceptors (Lipinski definition) is 3. The Balaban J connectivity index is 1.73. The molecule has 0 spiro atoms. The Labute approximate surface area is 115 Å². The minimum atomic E-state index is 0.529. The SMILES string of the molecule is COc1cccc(C2C(CNC3CC3)CCN2C)c1. The number of nitrogens with zero attached hydrogens (tertiary/aromatic N) is 1. The number of rotatable bonds is 5. The van der Waals surface area contributed by atoms with Crippen molar-refractivity contribution in [3.8, 4) is 5.75 Å². The van der Waals surface area contributed by atoms with Crippen LogP contribution >= 0.6 is 0 Å². The topological polar surface area (TPSA) is 24.5 Å². The van der Waals surface area contributed by atoms with Gasteiger partial charge in [0.15, 0.2) is 0 Å². The van der Waals surface area contributed by atoms with Gasteiger partial charge in [-0.1, -0.05) is 12.1 Å². The van der Waals surface area contributed by atoms with Crippen LogP contribution in [0, 0.1) is 5.92 Å². The Morgan fingerprint density at radius 3 is 2.89 bits per heavy atom. The van der Waals surface area contributed by atoms with E-state index in [0.29, 0.717) is 6.04 Å². The third-order valence-electron chi connectivity index (χ3n) is 4.46. The van der Waals surface area contributed by atoms with Gasteiger partial charge in [0.25, 0.3) is 0 Å². The minimum absolute atomic E-state index is 0.529. The molecule has 1 saturated heterocycles. The lowest BCUT2D eigenvalue weighted by atomic mass is 9.93. The van der Waals surface area contributed by atoms with Gasteiger partial charge < -0.3 is 10.1 Å². The monoisotopic (exact) mass is 260 g/mol. The summed E-state index contributed by atoms with van der Waals surface area (Å²) in [7, 11) is 3.98. The fourth-order valence-electron chi connectivity index (χ4n) is 3.20. The van der Waals surface area contributed by atoms with Crippen LogP contribution in [-0.2, 0) is 0 Å². The molecule has 0 aromatic heterocycles. The Morgan fingerprint density at radius 2 is 2.16 bits per heavy atom. The summed E-state index contributed by atoms with van der Waals surface area (Å²) in [5.41, 5.74) is 1.39. The summed E-state index contributed by atoms with van der Waals surface area (Å²) >= 11 is 0. The van der Waals surface area contributed by atoms with Gasteiger partial charge in [-0.25, -0.2) is 0 Å². The first-order valence-corrected chi connectivity index (χ1v) is 7.35. The van der Waals surface area contributed by atoms with Crippen molar-refractivity contribution in [1.82, 2.24) is 10.2 Å². The lowest BCUT2D eigenvalue weighted by Crippen LogP contribution is -2.29. The molecule has 19 heavy (non-hydrogen) atoms. The molecule has 0 bridgehead atoms. The fourth-order valence-corrected chi connectivity index (χ4v) is 3.20. The lowest BCUT2D eigenvalue weighted by Gasteiger charge is -2.26. The summed E-state index contributed by atoms with van der Waals surface area (Å²) in [4.78, 5) is 2.48. The second kappa shape index (κ2) is 5.51. The molecular weight excluding hydrogens is 236 g/mol. The Kier molecular flexibility index (Phi) is 3.76. The molecule has 1 heterocycles. The molecule has 0 amide bonds. The van der Waals surface area contributed by atoms with Gasteiger partial charge in [0.2, 0.25) is 0 Å². The highest BCUT2D eigenvalue weighted by atomic mass is 16.5. The van der Waals surface area contributed by atoms with Crippen molar-refractivity contribution in [3.05, 3.63) is 29.8 Å². The normalized spacial score (nSPS) is 27.7. The summed E-state index contributed by atoms with van der Waals surface area (Å²) in [6.45, 7) is 2.34. The Morgan fingerprint density at radius 1 is 1.32 bits per heavy atom. The zero-order valence-corrected chi connectivity index (χ0v) is 11.9. The Bertz CT molecular complexity index is 431. The van der Waals surface area contributed by atoms with E-state index in [0.717, 1.165) is 24.3 Å². The number of benzene rings is 1. The molecule has 1 N–H and O–H groups in total. The van der Waals surface area contributed by atoms with Crippen molar-refractivity contribution in [1.29, 1.82) is 0 Å². The first-order valence-electron chi connectivity index (χ1n) is 7.35. The number of ether oxygens (including phenoxy) is 1. The molecule has 0 radical (unpaired) electrons. The number of likely N-dealkylation sites (tertiary alicyclic amines) is 1. The molecule has 104 valence electrons. The van der Waals surface area contributed by atoms with Gasteiger partial charge in [-0.15, -0.1) is 0 Å². The zero-order valence-electron chi connectivity index (χ0n) is 11.9. The molecule has 3 nitrogen and oxygen atoms in total. The molecule has 1 aliphatic carbocycles. The average Bonchev–Trinajstić information content (AvgIpc) is 3.19. The summed E-state index contributed by atoms with van der Waals surface area (Å²) < 4.78 is 5.36. The van der Waals surface area contributed by atoms with E-state index in [4.69, 9.17) is 4.74 Å².